The fourth-order valence-corrected chi connectivity index (χ4v) is 4.99. The molecule has 148 valence electrons. The molecule has 1 amide bonds. The van der Waals surface area contributed by atoms with E-state index < -0.39 is 6.09 Å². The minimum Gasteiger partial charge on any atom is -0.444 e. The SMILES string of the molecule is Cc1ccc(-c2nc(C)c(NC(=O)OCc3ccc4sc(C)nc4c3)s2)c(C)c1. The Labute approximate surface area is 177 Å². The van der Waals surface area contributed by atoms with Gasteiger partial charge in [-0.05, 0) is 51.0 Å². The number of amides is 1. The highest BCUT2D eigenvalue weighted by molar-refractivity contribution is 7.19. The lowest BCUT2D eigenvalue weighted by Crippen LogP contribution is -2.13. The van der Waals surface area contributed by atoms with Crippen molar-refractivity contribution in [2.75, 3.05) is 5.32 Å². The first kappa shape index (κ1) is 19.5. The molecule has 2 aromatic carbocycles. The van der Waals surface area contributed by atoms with Gasteiger partial charge in [-0.15, -0.1) is 11.3 Å². The summed E-state index contributed by atoms with van der Waals surface area (Å²) in [6, 6.07) is 12.2. The van der Waals surface area contributed by atoms with E-state index in [1.54, 1.807) is 11.3 Å². The number of nitrogens with zero attached hydrogens (tertiary/aromatic N) is 2. The van der Waals surface area contributed by atoms with Crippen LogP contribution in [0.4, 0.5) is 9.80 Å². The molecule has 4 rings (SSSR count). The summed E-state index contributed by atoms with van der Waals surface area (Å²) >= 11 is 3.11. The highest BCUT2D eigenvalue weighted by atomic mass is 32.1. The van der Waals surface area contributed by atoms with Gasteiger partial charge < -0.3 is 4.74 Å². The summed E-state index contributed by atoms with van der Waals surface area (Å²) in [6.07, 6.45) is -0.488. The average molecular weight is 424 g/mol. The van der Waals surface area contributed by atoms with Gasteiger partial charge >= 0.3 is 6.09 Å². The van der Waals surface area contributed by atoms with Crippen LogP contribution in [-0.2, 0) is 11.3 Å². The monoisotopic (exact) mass is 423 g/mol. The molecule has 0 saturated carbocycles. The highest BCUT2D eigenvalue weighted by Crippen LogP contribution is 2.34. The maximum Gasteiger partial charge on any atom is 0.412 e. The van der Waals surface area contributed by atoms with Crippen molar-refractivity contribution in [2.24, 2.45) is 0 Å². The third-order valence-corrected chi connectivity index (χ3v) is 6.61. The minimum atomic E-state index is -0.488. The van der Waals surface area contributed by atoms with Crippen LogP contribution in [-0.4, -0.2) is 16.1 Å². The Morgan fingerprint density at radius 2 is 1.86 bits per heavy atom. The minimum absolute atomic E-state index is 0.195. The van der Waals surface area contributed by atoms with Crippen molar-refractivity contribution in [3.05, 3.63) is 63.8 Å². The molecule has 7 heteroatoms. The maximum atomic E-state index is 12.3. The Hall–Kier alpha value is -2.77. The van der Waals surface area contributed by atoms with E-state index in [0.29, 0.717) is 5.00 Å². The second-order valence-electron chi connectivity index (χ2n) is 6.99. The molecule has 0 bridgehead atoms. The summed E-state index contributed by atoms with van der Waals surface area (Å²) in [5.41, 5.74) is 6.09. The molecule has 0 spiro atoms. The maximum absolute atomic E-state index is 12.3. The van der Waals surface area contributed by atoms with Gasteiger partial charge in [0, 0.05) is 5.56 Å². The first-order valence-corrected chi connectivity index (χ1v) is 10.9. The number of anilines is 1. The third-order valence-electron chi connectivity index (χ3n) is 4.55. The van der Waals surface area contributed by atoms with Crippen LogP contribution in [0, 0.1) is 27.7 Å². The molecule has 5 nitrogen and oxygen atoms in total. The molecule has 0 unspecified atom stereocenters. The fraction of sp³-hybridized carbons (Fsp3) is 0.227. The van der Waals surface area contributed by atoms with Crippen molar-refractivity contribution in [3.63, 3.8) is 0 Å². The predicted octanol–water partition coefficient (Wildman–Crippen LogP) is 6.40. The summed E-state index contributed by atoms with van der Waals surface area (Å²) in [6.45, 7) is 8.21. The summed E-state index contributed by atoms with van der Waals surface area (Å²) in [5.74, 6) is 0. The zero-order valence-corrected chi connectivity index (χ0v) is 18.3. The molecule has 1 N–H and O–H groups in total. The van der Waals surface area contributed by atoms with E-state index in [9.17, 15) is 4.79 Å². The van der Waals surface area contributed by atoms with Crippen LogP contribution in [0.5, 0.6) is 0 Å². The van der Waals surface area contributed by atoms with Gasteiger partial charge in [0.25, 0.3) is 0 Å². The fourth-order valence-electron chi connectivity index (χ4n) is 3.14. The van der Waals surface area contributed by atoms with Gasteiger partial charge in [0.2, 0.25) is 0 Å². The Kier molecular flexibility index (Phi) is 5.34. The number of hydrogen-bond donors (Lipinski definition) is 1. The Morgan fingerprint density at radius 1 is 1.03 bits per heavy atom. The van der Waals surface area contributed by atoms with Crippen molar-refractivity contribution in [2.45, 2.75) is 34.3 Å². The molecule has 29 heavy (non-hydrogen) atoms. The second-order valence-corrected chi connectivity index (χ2v) is 9.22. The molecule has 2 heterocycles. The number of benzene rings is 2. The van der Waals surface area contributed by atoms with Gasteiger partial charge in [-0.3, -0.25) is 5.32 Å². The van der Waals surface area contributed by atoms with Gasteiger partial charge in [-0.1, -0.05) is 41.2 Å². The van der Waals surface area contributed by atoms with Crippen molar-refractivity contribution in [1.29, 1.82) is 0 Å². The smallest absolute Gasteiger partial charge is 0.412 e. The van der Waals surface area contributed by atoms with E-state index in [1.807, 2.05) is 32.0 Å². The van der Waals surface area contributed by atoms with E-state index >= 15 is 0 Å². The van der Waals surface area contributed by atoms with Crippen molar-refractivity contribution in [1.82, 2.24) is 9.97 Å². The number of nitrogens with one attached hydrogen (secondary N) is 1. The van der Waals surface area contributed by atoms with Crippen molar-refractivity contribution < 1.29 is 9.53 Å². The number of hydrogen-bond acceptors (Lipinski definition) is 6. The number of carbonyl (C=O) groups excluding carboxylic acids is 1. The van der Waals surface area contributed by atoms with Gasteiger partial charge in [0.05, 0.1) is 20.9 Å². The van der Waals surface area contributed by atoms with Crippen LogP contribution in [0.1, 0.15) is 27.4 Å². The van der Waals surface area contributed by atoms with Gasteiger partial charge in [-0.2, -0.15) is 0 Å². The largest absolute Gasteiger partial charge is 0.444 e. The van der Waals surface area contributed by atoms with Crippen molar-refractivity contribution >= 4 is 44.0 Å². The first-order chi connectivity index (χ1) is 13.9. The number of thiazole rings is 2. The van der Waals surface area contributed by atoms with E-state index in [4.69, 9.17) is 4.74 Å². The number of aryl methyl sites for hydroxylation is 4. The van der Waals surface area contributed by atoms with Crippen LogP contribution in [0.2, 0.25) is 0 Å². The van der Waals surface area contributed by atoms with Crippen LogP contribution in [0.3, 0.4) is 0 Å². The van der Waals surface area contributed by atoms with Gasteiger partial charge in [0.15, 0.2) is 0 Å². The molecule has 0 aliphatic carbocycles. The molecule has 0 atom stereocenters. The van der Waals surface area contributed by atoms with E-state index in [0.717, 1.165) is 37.1 Å². The van der Waals surface area contributed by atoms with E-state index in [2.05, 4.69) is 47.3 Å². The summed E-state index contributed by atoms with van der Waals surface area (Å²) in [5, 5.41) is 5.44. The molecule has 0 aliphatic heterocycles. The predicted molar refractivity (Wildman–Crippen MR) is 120 cm³/mol. The normalized spacial score (nSPS) is 11.0. The van der Waals surface area contributed by atoms with Crippen LogP contribution in [0.15, 0.2) is 36.4 Å². The Morgan fingerprint density at radius 3 is 2.66 bits per heavy atom. The van der Waals surface area contributed by atoms with Crippen LogP contribution < -0.4 is 5.32 Å². The summed E-state index contributed by atoms with van der Waals surface area (Å²) in [4.78, 5) is 21.4. The molecule has 0 saturated heterocycles. The number of aromatic nitrogens is 2. The summed E-state index contributed by atoms with van der Waals surface area (Å²) < 4.78 is 6.54. The lowest BCUT2D eigenvalue weighted by Gasteiger charge is -2.06. The summed E-state index contributed by atoms with van der Waals surface area (Å²) in [7, 11) is 0. The van der Waals surface area contributed by atoms with Crippen LogP contribution in [0.25, 0.3) is 20.8 Å². The second kappa shape index (κ2) is 7.93. The van der Waals surface area contributed by atoms with Crippen molar-refractivity contribution in [3.8, 4) is 10.6 Å². The molecule has 4 aromatic rings. The quantitative estimate of drug-likeness (QED) is 0.412. The lowest BCUT2D eigenvalue weighted by atomic mass is 10.1. The number of rotatable bonds is 4. The molecule has 2 aromatic heterocycles. The number of carbonyl (C=O) groups is 1. The number of ether oxygens (including phenoxy) is 1. The number of fused-ring (bicyclic) bond motifs is 1. The lowest BCUT2D eigenvalue weighted by molar-refractivity contribution is 0.155. The van der Waals surface area contributed by atoms with Crippen LogP contribution >= 0.6 is 22.7 Å². The van der Waals surface area contributed by atoms with E-state index in [1.165, 1.54) is 22.5 Å². The molecule has 0 aliphatic rings. The Balaban J connectivity index is 1.43. The topological polar surface area (TPSA) is 64.1 Å². The molecular weight excluding hydrogens is 402 g/mol. The Bertz CT molecular complexity index is 1210. The van der Waals surface area contributed by atoms with E-state index in [-0.39, 0.29) is 6.61 Å². The zero-order valence-electron chi connectivity index (χ0n) is 16.7. The molecule has 0 fully saturated rings. The highest BCUT2D eigenvalue weighted by Gasteiger charge is 2.14. The van der Waals surface area contributed by atoms with Gasteiger partial charge in [-0.25, -0.2) is 14.8 Å². The third kappa shape index (κ3) is 4.31. The zero-order chi connectivity index (χ0) is 20.5. The standard InChI is InChI=1S/C22H21N3O2S2/c1-12-5-7-17(13(2)9-12)21-23-14(3)20(29-21)25-22(26)27-11-16-6-8-19-18(10-16)24-15(4)28-19/h5-10H,11H2,1-4H3,(H,25,26). The van der Waals surface area contributed by atoms with Gasteiger partial charge in [0.1, 0.15) is 16.6 Å². The molecular formula is C22H21N3O2S2. The first-order valence-electron chi connectivity index (χ1n) is 9.24. The molecule has 0 radical (unpaired) electrons. The average Bonchev–Trinajstić information content (AvgIpc) is 3.21.